The first-order valence-corrected chi connectivity index (χ1v) is 11.9. The van der Waals surface area contributed by atoms with Gasteiger partial charge in [-0.25, -0.2) is 0 Å². The molecule has 6 nitrogen and oxygen atoms in total. The van der Waals surface area contributed by atoms with Crippen LogP contribution in [0.2, 0.25) is 0 Å². The van der Waals surface area contributed by atoms with Gasteiger partial charge in [0.15, 0.2) is 0 Å². The number of hydrogen-bond acceptors (Lipinski definition) is 6. The second kappa shape index (κ2) is 7.42. The van der Waals surface area contributed by atoms with Crippen molar-refractivity contribution in [3.05, 3.63) is 11.8 Å². The highest BCUT2D eigenvalue weighted by Crippen LogP contribution is 2.65. The lowest BCUT2D eigenvalue weighted by Crippen LogP contribution is -2.60. The Hall–Kier alpha value is -1.24. The Kier molecular flexibility index (Phi) is 5.11. The van der Waals surface area contributed by atoms with Crippen molar-refractivity contribution in [2.24, 2.45) is 40.4 Å². The van der Waals surface area contributed by atoms with Crippen LogP contribution in [-0.4, -0.2) is 42.5 Å². The maximum absolute atomic E-state index is 13.7. The zero-order valence-electron chi connectivity index (χ0n) is 18.3. The van der Waals surface area contributed by atoms with Crippen LogP contribution in [0.3, 0.4) is 0 Å². The Labute approximate surface area is 179 Å². The van der Waals surface area contributed by atoms with E-state index in [1.807, 2.05) is 0 Å². The lowest BCUT2D eigenvalue weighted by atomic mass is 9.43. The molecule has 1 saturated heterocycles. The zero-order valence-corrected chi connectivity index (χ0v) is 18.3. The maximum Gasteiger partial charge on any atom is 0.142 e. The molecule has 5 unspecified atom stereocenters. The van der Waals surface area contributed by atoms with Crippen molar-refractivity contribution >= 4 is 11.6 Å². The molecule has 0 spiro atoms. The van der Waals surface area contributed by atoms with Crippen LogP contribution in [0.1, 0.15) is 58.8 Å². The van der Waals surface area contributed by atoms with E-state index in [0.29, 0.717) is 18.1 Å². The van der Waals surface area contributed by atoms with Crippen LogP contribution >= 0.6 is 0 Å². The summed E-state index contributed by atoms with van der Waals surface area (Å²) >= 11 is 0. The van der Waals surface area contributed by atoms with Gasteiger partial charge in [0, 0.05) is 35.9 Å². The summed E-state index contributed by atoms with van der Waals surface area (Å²) in [4.78, 5) is 32.2. The van der Waals surface area contributed by atoms with Crippen molar-refractivity contribution in [2.45, 2.75) is 64.9 Å². The fourth-order valence-electron chi connectivity index (χ4n) is 7.72. The highest BCUT2D eigenvalue weighted by molar-refractivity contribution is 5.91. The number of carbonyl (C=O) groups excluding carboxylic acids is 2. The Bertz CT molecular complexity index is 760. The smallest absolute Gasteiger partial charge is 0.142 e. The molecule has 6 heteroatoms. The number of carbonyl (C=O) groups is 2. The molecule has 166 valence electrons. The van der Waals surface area contributed by atoms with E-state index in [2.05, 4.69) is 30.7 Å². The number of hydroxylamine groups is 1. The van der Waals surface area contributed by atoms with Crippen molar-refractivity contribution in [3.8, 4) is 0 Å². The van der Waals surface area contributed by atoms with Gasteiger partial charge >= 0.3 is 0 Å². The summed E-state index contributed by atoms with van der Waals surface area (Å²) in [6, 6.07) is 0. The molecule has 0 aromatic rings. The van der Waals surface area contributed by atoms with Gasteiger partial charge in [-0.1, -0.05) is 19.9 Å². The number of hydrogen-bond donors (Lipinski definition) is 3. The molecule has 4 fully saturated rings. The lowest BCUT2D eigenvalue weighted by Gasteiger charge is -2.59. The van der Waals surface area contributed by atoms with Gasteiger partial charge in [-0.05, 0) is 68.2 Å². The Balaban J connectivity index is 1.42. The minimum absolute atomic E-state index is 0.0148. The van der Waals surface area contributed by atoms with Crippen LogP contribution in [0.4, 0.5) is 0 Å². The van der Waals surface area contributed by atoms with Crippen LogP contribution in [0, 0.1) is 40.4 Å². The van der Waals surface area contributed by atoms with E-state index < -0.39 is 0 Å². The van der Waals surface area contributed by atoms with Gasteiger partial charge < -0.3 is 10.4 Å². The lowest BCUT2D eigenvalue weighted by molar-refractivity contribution is -0.162. The van der Waals surface area contributed by atoms with E-state index >= 15 is 0 Å². The van der Waals surface area contributed by atoms with Gasteiger partial charge in [0.2, 0.25) is 0 Å². The molecule has 1 heterocycles. The number of Topliss-reactive ketones (excluding diaryl/α,β-unsaturated/α-hetero) is 2. The van der Waals surface area contributed by atoms with Crippen molar-refractivity contribution < 1.29 is 19.5 Å². The highest BCUT2D eigenvalue weighted by atomic mass is 16.7. The van der Waals surface area contributed by atoms with E-state index in [-0.39, 0.29) is 53.0 Å². The average Bonchev–Trinajstić information content (AvgIpc) is 3.36. The number of allylic oxidation sites excluding steroid dienone is 2. The maximum atomic E-state index is 13.7. The van der Waals surface area contributed by atoms with Crippen molar-refractivity contribution in [3.63, 3.8) is 0 Å². The predicted molar refractivity (Wildman–Crippen MR) is 112 cm³/mol. The summed E-state index contributed by atoms with van der Waals surface area (Å²) in [5.41, 5.74) is 3.88. The zero-order chi connectivity index (χ0) is 21.1. The number of ketones is 2. The van der Waals surface area contributed by atoms with E-state index in [1.165, 1.54) is 0 Å². The predicted octanol–water partition coefficient (Wildman–Crippen LogP) is 2.37. The molecule has 30 heavy (non-hydrogen) atoms. The fraction of sp³-hybridized carbons (Fsp3) is 0.833. The quantitative estimate of drug-likeness (QED) is 0.610. The van der Waals surface area contributed by atoms with Gasteiger partial charge in [-0.15, -0.1) is 0 Å². The molecule has 0 radical (unpaired) electrons. The molecule has 0 aromatic carbocycles. The van der Waals surface area contributed by atoms with Crippen LogP contribution in [0.5, 0.6) is 0 Å². The van der Waals surface area contributed by atoms with Crippen molar-refractivity contribution in [1.29, 1.82) is 0 Å². The molecule has 0 aromatic heterocycles. The Morgan fingerprint density at radius 1 is 1.17 bits per heavy atom. The van der Waals surface area contributed by atoms with Crippen LogP contribution in [0.15, 0.2) is 11.8 Å². The molecule has 3 N–H and O–H groups in total. The minimum atomic E-state index is -0.375. The third kappa shape index (κ3) is 2.94. The molecule has 5 rings (SSSR count). The SMILES string of the molecule is C[C@]12CCC(NOC3CCNC3)=CC1[C@@H](CO)C(=O)C1C2CC[C@]2(C)C(=O)CCC12. The van der Waals surface area contributed by atoms with Crippen LogP contribution in [0.25, 0.3) is 0 Å². The molecule has 5 aliphatic rings. The molecule has 1 aliphatic heterocycles. The average molecular weight is 417 g/mol. The standard InChI is InChI=1S/C24H36N2O4/c1-23-8-5-14(26-30-15-7-10-25-12-15)11-19(23)16(13-27)22(29)21-17-3-4-20(28)24(17,2)9-6-18(21)23/h11,15-19,21,25-27H,3-10,12-13H2,1-2H3/t15?,16-,17?,18?,19?,21?,23-,24+/m1/s1. The summed E-state index contributed by atoms with van der Waals surface area (Å²) in [6.07, 6.45) is 8.58. The molecule has 0 bridgehead atoms. The molecule has 8 atom stereocenters. The summed E-state index contributed by atoms with van der Waals surface area (Å²) < 4.78 is 0. The van der Waals surface area contributed by atoms with Crippen molar-refractivity contribution in [1.82, 2.24) is 10.8 Å². The highest BCUT2D eigenvalue weighted by Gasteiger charge is 2.64. The third-order valence-electron chi connectivity index (χ3n) is 9.60. The van der Waals surface area contributed by atoms with Gasteiger partial charge in [-0.2, -0.15) is 0 Å². The largest absolute Gasteiger partial charge is 0.396 e. The first-order valence-electron chi connectivity index (χ1n) is 11.9. The molecule has 3 saturated carbocycles. The van der Waals surface area contributed by atoms with Crippen LogP contribution in [-0.2, 0) is 14.4 Å². The van der Waals surface area contributed by atoms with Crippen LogP contribution < -0.4 is 10.8 Å². The molecule has 4 aliphatic carbocycles. The van der Waals surface area contributed by atoms with Gasteiger partial charge in [-0.3, -0.25) is 19.9 Å². The molecule has 0 amide bonds. The monoisotopic (exact) mass is 416 g/mol. The Morgan fingerprint density at radius 3 is 2.73 bits per heavy atom. The number of rotatable bonds is 4. The fourth-order valence-corrected chi connectivity index (χ4v) is 7.72. The normalized spacial score (nSPS) is 48.0. The van der Waals surface area contributed by atoms with E-state index in [1.54, 1.807) is 0 Å². The number of aliphatic hydroxyl groups is 1. The summed E-state index contributed by atoms with van der Waals surface area (Å²) in [5, 5.41) is 13.6. The second-order valence-electron chi connectivity index (χ2n) is 10.9. The number of nitrogens with one attached hydrogen (secondary N) is 2. The number of aliphatic hydroxyl groups excluding tert-OH is 1. The third-order valence-corrected chi connectivity index (χ3v) is 9.60. The molecular formula is C24H36N2O4. The van der Waals surface area contributed by atoms with Gasteiger partial charge in [0.05, 0.1) is 12.7 Å². The first kappa shape index (κ1) is 20.7. The van der Waals surface area contributed by atoms with E-state index in [0.717, 1.165) is 57.3 Å². The van der Waals surface area contributed by atoms with Gasteiger partial charge in [0.25, 0.3) is 0 Å². The van der Waals surface area contributed by atoms with Crippen molar-refractivity contribution in [2.75, 3.05) is 19.7 Å². The first-order chi connectivity index (χ1) is 14.4. The van der Waals surface area contributed by atoms with E-state index in [9.17, 15) is 14.7 Å². The van der Waals surface area contributed by atoms with Gasteiger partial charge in [0.1, 0.15) is 11.6 Å². The second-order valence-corrected chi connectivity index (χ2v) is 10.9. The molecular weight excluding hydrogens is 380 g/mol. The summed E-state index contributed by atoms with van der Waals surface area (Å²) in [7, 11) is 0. The summed E-state index contributed by atoms with van der Waals surface area (Å²) in [6.45, 7) is 6.16. The topological polar surface area (TPSA) is 87.7 Å². The Morgan fingerprint density at radius 2 is 2.00 bits per heavy atom. The number of fused-ring (bicyclic) bond motifs is 5. The summed E-state index contributed by atoms with van der Waals surface area (Å²) in [5.74, 6) is 0.592. The van der Waals surface area contributed by atoms with E-state index in [4.69, 9.17) is 4.84 Å². The minimum Gasteiger partial charge on any atom is -0.396 e.